The summed E-state index contributed by atoms with van der Waals surface area (Å²) in [5.41, 5.74) is 5.52. The van der Waals surface area contributed by atoms with Crippen molar-refractivity contribution < 1.29 is 18.4 Å². The zero-order valence-electron chi connectivity index (χ0n) is 17.5. The van der Waals surface area contributed by atoms with Gasteiger partial charge in [0.1, 0.15) is 11.6 Å². The average molecular weight is 426 g/mol. The molecule has 6 nitrogen and oxygen atoms in total. The molecule has 162 valence electrons. The fourth-order valence-electron chi connectivity index (χ4n) is 6.11. The lowest BCUT2D eigenvalue weighted by Crippen LogP contribution is -2.51. The maximum atomic E-state index is 14.3. The van der Waals surface area contributed by atoms with Gasteiger partial charge >= 0.3 is 0 Å². The Kier molecular flexibility index (Phi) is 4.23. The highest BCUT2D eigenvalue weighted by molar-refractivity contribution is 5.92. The molecule has 5 rings (SSSR count). The van der Waals surface area contributed by atoms with Gasteiger partial charge in [-0.2, -0.15) is 5.10 Å². The van der Waals surface area contributed by atoms with Crippen LogP contribution in [-0.2, 0) is 15.0 Å². The van der Waals surface area contributed by atoms with Gasteiger partial charge < -0.3 is 10.6 Å². The van der Waals surface area contributed by atoms with E-state index < -0.39 is 22.5 Å². The third kappa shape index (κ3) is 2.53. The van der Waals surface area contributed by atoms with Gasteiger partial charge in [-0.3, -0.25) is 9.59 Å². The molecule has 2 amide bonds. The number of halogens is 2. The number of carbonyl (C=O) groups excluding carboxylic acids is 2. The van der Waals surface area contributed by atoms with Gasteiger partial charge in [0.15, 0.2) is 0 Å². The predicted molar refractivity (Wildman–Crippen MR) is 109 cm³/mol. The molecule has 2 N–H and O–H groups in total. The van der Waals surface area contributed by atoms with Gasteiger partial charge in [0.25, 0.3) is 0 Å². The van der Waals surface area contributed by atoms with Gasteiger partial charge in [-0.15, -0.1) is 5.10 Å². The number of fused-ring (bicyclic) bond motifs is 5. The van der Waals surface area contributed by atoms with E-state index in [9.17, 15) is 18.4 Å². The quantitative estimate of drug-likeness (QED) is 0.817. The van der Waals surface area contributed by atoms with Crippen LogP contribution in [0.3, 0.4) is 0 Å². The van der Waals surface area contributed by atoms with Crippen LogP contribution in [0.1, 0.15) is 50.3 Å². The number of benzene rings is 1. The fraction of sp³-hybridized carbons (Fsp3) is 0.478. The lowest BCUT2D eigenvalue weighted by molar-refractivity contribution is -0.140. The number of likely N-dealkylation sites (tertiary alicyclic amines) is 1. The summed E-state index contributed by atoms with van der Waals surface area (Å²) in [6, 6.07) is 5.39. The Morgan fingerprint density at radius 2 is 1.87 bits per heavy atom. The van der Waals surface area contributed by atoms with Gasteiger partial charge in [-0.1, -0.05) is 19.9 Å². The van der Waals surface area contributed by atoms with Crippen LogP contribution in [0.15, 0.2) is 24.3 Å². The highest BCUT2D eigenvalue weighted by Crippen LogP contribution is 2.68. The Balaban J connectivity index is 1.59. The summed E-state index contributed by atoms with van der Waals surface area (Å²) in [6.07, 6.45) is 1.98. The normalized spacial score (nSPS) is 28.1. The van der Waals surface area contributed by atoms with Crippen molar-refractivity contribution in [3.05, 3.63) is 47.2 Å². The number of rotatable bonds is 3. The Morgan fingerprint density at radius 1 is 1.16 bits per heavy atom. The van der Waals surface area contributed by atoms with E-state index in [-0.39, 0.29) is 34.9 Å². The predicted octanol–water partition coefficient (Wildman–Crippen LogP) is 2.91. The molecule has 1 saturated carbocycles. The van der Waals surface area contributed by atoms with Gasteiger partial charge in [0, 0.05) is 13.1 Å². The number of hydrogen-bond donors (Lipinski definition) is 1. The molecule has 1 saturated heterocycles. The second kappa shape index (κ2) is 6.55. The molecule has 2 heterocycles. The first-order chi connectivity index (χ1) is 14.7. The molecule has 1 aromatic heterocycles. The molecule has 1 aromatic carbocycles. The van der Waals surface area contributed by atoms with E-state index in [4.69, 9.17) is 5.73 Å². The van der Waals surface area contributed by atoms with E-state index in [0.29, 0.717) is 31.6 Å². The summed E-state index contributed by atoms with van der Waals surface area (Å²) in [5, 5.41) is 8.54. The van der Waals surface area contributed by atoms with Crippen molar-refractivity contribution in [1.29, 1.82) is 0 Å². The summed E-state index contributed by atoms with van der Waals surface area (Å²) in [7, 11) is 0. The maximum Gasteiger partial charge on any atom is 0.235 e. The average Bonchev–Trinajstić information content (AvgIpc) is 3.36. The summed E-state index contributed by atoms with van der Waals surface area (Å²) in [5.74, 6) is -2.14. The first kappa shape index (κ1) is 20.0. The lowest BCUT2D eigenvalue weighted by atomic mass is 9.67. The number of nitrogens with zero attached hydrogens (tertiary/aromatic N) is 3. The first-order valence-corrected chi connectivity index (χ1v) is 10.6. The van der Waals surface area contributed by atoms with Crippen LogP contribution in [0.25, 0.3) is 11.3 Å². The molecular weight excluding hydrogens is 402 g/mol. The van der Waals surface area contributed by atoms with E-state index in [2.05, 4.69) is 24.0 Å². The molecule has 3 atom stereocenters. The van der Waals surface area contributed by atoms with E-state index >= 15 is 0 Å². The zero-order chi connectivity index (χ0) is 22.1. The molecule has 31 heavy (non-hydrogen) atoms. The minimum absolute atomic E-state index is 0.0325. The Hall–Kier alpha value is -2.90. The number of amides is 2. The highest BCUT2D eigenvalue weighted by atomic mass is 19.1. The van der Waals surface area contributed by atoms with Crippen molar-refractivity contribution in [2.45, 2.75) is 44.4 Å². The van der Waals surface area contributed by atoms with Crippen LogP contribution < -0.4 is 5.73 Å². The van der Waals surface area contributed by atoms with Gasteiger partial charge in [-0.25, -0.2) is 8.78 Å². The van der Waals surface area contributed by atoms with Crippen LogP contribution in [0.5, 0.6) is 0 Å². The van der Waals surface area contributed by atoms with E-state index in [1.165, 1.54) is 18.2 Å². The third-order valence-corrected chi connectivity index (χ3v) is 7.84. The van der Waals surface area contributed by atoms with Crippen molar-refractivity contribution in [2.75, 3.05) is 13.1 Å². The van der Waals surface area contributed by atoms with Crippen LogP contribution >= 0.6 is 0 Å². The van der Waals surface area contributed by atoms with Crippen molar-refractivity contribution in [3.8, 4) is 11.3 Å². The molecule has 1 unspecified atom stereocenters. The smallest absolute Gasteiger partial charge is 0.235 e. The van der Waals surface area contributed by atoms with Crippen LogP contribution in [-0.4, -0.2) is 40.0 Å². The van der Waals surface area contributed by atoms with E-state index in [1.54, 1.807) is 11.0 Å². The molecule has 0 spiro atoms. The zero-order valence-corrected chi connectivity index (χ0v) is 17.5. The third-order valence-electron chi connectivity index (χ3n) is 7.84. The first-order valence-electron chi connectivity index (χ1n) is 10.6. The Bertz CT molecular complexity index is 1100. The van der Waals surface area contributed by atoms with Crippen molar-refractivity contribution in [2.24, 2.45) is 17.1 Å². The number of carbonyl (C=O) groups is 2. The largest absolute Gasteiger partial charge is 0.369 e. The van der Waals surface area contributed by atoms with Gasteiger partial charge in [0.05, 0.1) is 28.3 Å². The maximum absolute atomic E-state index is 14.3. The molecule has 1 aliphatic heterocycles. The highest BCUT2D eigenvalue weighted by Gasteiger charge is 2.68. The summed E-state index contributed by atoms with van der Waals surface area (Å²) in [6.45, 7) is 4.90. The van der Waals surface area contributed by atoms with Gasteiger partial charge in [-0.05, 0) is 54.4 Å². The standard InChI is InChI=1S/C23H24F2N4O2/c1-22(2)14-6-8-23(22,21(31)29-9-7-12(11-29)20(26)30)19-13(14)10-17(27-28-19)18-15(24)4-3-5-16(18)25/h3-5,10,12,14H,6-9,11H2,1-2H3,(H2,26,30)/t12?,14-,23+/m1/s1. The molecule has 8 heteroatoms. The van der Waals surface area contributed by atoms with Crippen LogP contribution in [0.4, 0.5) is 8.78 Å². The summed E-state index contributed by atoms with van der Waals surface area (Å²) >= 11 is 0. The van der Waals surface area contributed by atoms with Crippen molar-refractivity contribution in [3.63, 3.8) is 0 Å². The molecule has 2 bridgehead atoms. The molecule has 2 aromatic rings. The molecule has 2 fully saturated rings. The minimum atomic E-state index is -0.862. The summed E-state index contributed by atoms with van der Waals surface area (Å²) < 4.78 is 28.7. The van der Waals surface area contributed by atoms with E-state index in [1.807, 2.05) is 0 Å². The van der Waals surface area contributed by atoms with Crippen LogP contribution in [0.2, 0.25) is 0 Å². The second-order valence-electron chi connectivity index (χ2n) is 9.49. The monoisotopic (exact) mass is 426 g/mol. The SMILES string of the molecule is CC1(C)[C@@H]2CC[C@@]1(C(=O)N1CCC(C(N)=O)C1)c1nnc(-c3c(F)cccc3F)cc12. The number of hydrogen-bond acceptors (Lipinski definition) is 4. The Labute approximate surface area is 178 Å². The Morgan fingerprint density at radius 3 is 2.52 bits per heavy atom. The van der Waals surface area contributed by atoms with E-state index in [0.717, 1.165) is 12.0 Å². The van der Waals surface area contributed by atoms with Gasteiger partial charge in [0.2, 0.25) is 11.8 Å². The minimum Gasteiger partial charge on any atom is -0.369 e. The lowest BCUT2D eigenvalue weighted by Gasteiger charge is -2.39. The number of primary amides is 1. The molecule has 3 aliphatic rings. The fourth-order valence-corrected chi connectivity index (χ4v) is 6.11. The number of aromatic nitrogens is 2. The topological polar surface area (TPSA) is 89.2 Å². The molecule has 0 radical (unpaired) electrons. The van der Waals surface area contributed by atoms with Crippen LogP contribution in [0, 0.1) is 23.0 Å². The van der Waals surface area contributed by atoms with Crippen molar-refractivity contribution >= 4 is 11.8 Å². The molecular formula is C23H24F2N4O2. The molecule has 2 aliphatic carbocycles. The van der Waals surface area contributed by atoms with Crippen molar-refractivity contribution in [1.82, 2.24) is 15.1 Å². The number of nitrogens with two attached hydrogens (primary N) is 1. The summed E-state index contributed by atoms with van der Waals surface area (Å²) in [4.78, 5) is 27.1. The second-order valence-corrected chi connectivity index (χ2v) is 9.49.